The van der Waals surface area contributed by atoms with Crippen LogP contribution in [0.1, 0.15) is 60.3 Å². The molecule has 1 N–H and O–H groups in total. The van der Waals surface area contributed by atoms with Crippen molar-refractivity contribution in [1.82, 2.24) is 0 Å². The number of aliphatic hydroxyl groups excluding tert-OH is 1. The molecule has 3 aliphatic rings. The molecule has 128 valence electrons. The van der Waals surface area contributed by atoms with Crippen molar-refractivity contribution in [3.8, 4) is 0 Å². The Morgan fingerprint density at radius 3 is 2.65 bits per heavy atom. The number of ketones is 1. The van der Waals surface area contributed by atoms with E-state index in [1.807, 2.05) is 12.2 Å². The second kappa shape index (κ2) is 5.56. The highest BCUT2D eigenvalue weighted by atomic mass is 16.6. The fourth-order valence-electron chi connectivity index (χ4n) is 4.62. The topological polar surface area (TPSA) is 49.8 Å². The Labute approximate surface area is 139 Å². The van der Waals surface area contributed by atoms with Gasteiger partial charge in [0.05, 0.1) is 17.8 Å². The first-order chi connectivity index (χ1) is 10.7. The van der Waals surface area contributed by atoms with Crippen molar-refractivity contribution in [2.24, 2.45) is 17.3 Å². The average Bonchev–Trinajstić information content (AvgIpc) is 2.95. The number of ether oxygens (including phenoxy) is 1. The zero-order valence-corrected chi connectivity index (χ0v) is 15.1. The first kappa shape index (κ1) is 16.9. The third-order valence-corrected chi connectivity index (χ3v) is 6.26. The van der Waals surface area contributed by atoms with Crippen LogP contribution in [0, 0.1) is 17.3 Å². The Morgan fingerprint density at radius 2 is 2.00 bits per heavy atom. The minimum Gasteiger partial charge on any atom is -0.389 e. The zero-order chi connectivity index (χ0) is 17.0. The molecule has 0 unspecified atom stereocenters. The quantitative estimate of drug-likeness (QED) is 0.591. The van der Waals surface area contributed by atoms with Gasteiger partial charge in [0, 0.05) is 11.8 Å². The van der Waals surface area contributed by atoms with Gasteiger partial charge < -0.3 is 9.84 Å². The van der Waals surface area contributed by atoms with E-state index in [1.165, 1.54) is 11.1 Å². The van der Waals surface area contributed by atoms with Crippen molar-refractivity contribution in [3.63, 3.8) is 0 Å². The molecule has 2 aliphatic carbocycles. The lowest BCUT2D eigenvalue weighted by atomic mass is 9.68. The largest absolute Gasteiger partial charge is 0.389 e. The fraction of sp³-hybridized carbons (Fsp3) is 0.750. The third kappa shape index (κ3) is 2.94. The summed E-state index contributed by atoms with van der Waals surface area (Å²) in [4.78, 5) is 12.8. The summed E-state index contributed by atoms with van der Waals surface area (Å²) < 4.78 is 5.94. The van der Waals surface area contributed by atoms with Gasteiger partial charge in [0.2, 0.25) is 0 Å². The highest BCUT2D eigenvalue weighted by Gasteiger charge is 2.58. The average molecular weight is 318 g/mol. The normalized spacial score (nSPS) is 46.4. The first-order valence-electron chi connectivity index (χ1n) is 8.95. The lowest BCUT2D eigenvalue weighted by molar-refractivity contribution is -0.124. The molecular formula is C20H30O3. The molecule has 1 heterocycles. The van der Waals surface area contributed by atoms with Crippen molar-refractivity contribution < 1.29 is 14.6 Å². The SMILES string of the molecule is C/C1=C/[C@@H](O)C[C@@]2(C)O[C@@H]2C[C@]2(C)C(=O)C=C(C(C)C)[C@H]2CC1. The Hall–Kier alpha value is -0.930. The predicted molar refractivity (Wildman–Crippen MR) is 91.0 cm³/mol. The van der Waals surface area contributed by atoms with Gasteiger partial charge >= 0.3 is 0 Å². The van der Waals surface area contributed by atoms with Crippen LogP contribution in [0.4, 0.5) is 0 Å². The molecule has 0 aromatic rings. The summed E-state index contributed by atoms with van der Waals surface area (Å²) in [7, 11) is 0. The van der Waals surface area contributed by atoms with E-state index in [0.29, 0.717) is 18.3 Å². The monoisotopic (exact) mass is 318 g/mol. The molecule has 0 radical (unpaired) electrons. The maximum atomic E-state index is 12.8. The van der Waals surface area contributed by atoms with E-state index in [4.69, 9.17) is 4.74 Å². The van der Waals surface area contributed by atoms with Gasteiger partial charge in [0.1, 0.15) is 0 Å². The lowest BCUT2D eigenvalue weighted by Crippen LogP contribution is -2.34. The predicted octanol–water partition coefficient (Wildman–Crippen LogP) is 3.81. The maximum Gasteiger partial charge on any atom is 0.162 e. The van der Waals surface area contributed by atoms with Crippen molar-refractivity contribution in [2.75, 3.05) is 0 Å². The Morgan fingerprint density at radius 1 is 1.30 bits per heavy atom. The molecule has 0 aromatic heterocycles. The summed E-state index contributed by atoms with van der Waals surface area (Å²) in [5, 5.41) is 10.3. The number of aliphatic hydroxyl groups is 1. The highest BCUT2D eigenvalue weighted by molar-refractivity contribution is 5.98. The summed E-state index contributed by atoms with van der Waals surface area (Å²) >= 11 is 0. The van der Waals surface area contributed by atoms with Crippen LogP contribution in [0.2, 0.25) is 0 Å². The zero-order valence-electron chi connectivity index (χ0n) is 15.1. The van der Waals surface area contributed by atoms with Crippen molar-refractivity contribution in [1.29, 1.82) is 0 Å². The molecule has 23 heavy (non-hydrogen) atoms. The Kier molecular flexibility index (Phi) is 4.09. The van der Waals surface area contributed by atoms with Crippen LogP contribution in [0.25, 0.3) is 0 Å². The van der Waals surface area contributed by atoms with Crippen LogP contribution < -0.4 is 0 Å². The molecule has 1 fully saturated rings. The molecule has 0 bridgehead atoms. The van der Waals surface area contributed by atoms with Crippen LogP contribution in [0.5, 0.6) is 0 Å². The molecule has 3 nitrogen and oxygen atoms in total. The number of carbonyl (C=O) groups is 1. The standard InChI is InChI=1S/C20H30O3/c1-12(2)15-9-17(22)19(4)11-18-20(5,23-18)10-14(21)8-13(3)6-7-16(15)19/h8-9,12,14,16,18,21H,6-7,10-11H2,1-5H3/b13-8-/t14-,16-,18-,19+,20-/m1/s1. The minimum absolute atomic E-state index is 0.0836. The van der Waals surface area contributed by atoms with Crippen molar-refractivity contribution in [2.45, 2.75) is 78.1 Å². The van der Waals surface area contributed by atoms with E-state index in [1.54, 1.807) is 0 Å². The Balaban J connectivity index is 1.94. The van der Waals surface area contributed by atoms with Crippen LogP contribution in [0.15, 0.2) is 23.3 Å². The molecular weight excluding hydrogens is 288 g/mol. The van der Waals surface area contributed by atoms with Gasteiger partial charge in [0.25, 0.3) is 0 Å². The second-order valence-corrected chi connectivity index (χ2v) is 8.58. The van der Waals surface area contributed by atoms with Crippen LogP contribution in [0.3, 0.4) is 0 Å². The number of allylic oxidation sites excluding steroid dienone is 3. The summed E-state index contributed by atoms with van der Waals surface area (Å²) in [5.41, 5.74) is 1.88. The molecule has 3 heteroatoms. The number of carbonyl (C=O) groups excluding carboxylic acids is 1. The van der Waals surface area contributed by atoms with Crippen molar-refractivity contribution >= 4 is 5.78 Å². The van der Waals surface area contributed by atoms with Crippen LogP contribution in [-0.2, 0) is 9.53 Å². The smallest absolute Gasteiger partial charge is 0.162 e. The van der Waals surface area contributed by atoms with Gasteiger partial charge in [-0.25, -0.2) is 0 Å². The number of hydrogen-bond donors (Lipinski definition) is 1. The van der Waals surface area contributed by atoms with Gasteiger partial charge in [-0.1, -0.05) is 38.0 Å². The number of epoxide rings is 1. The van der Waals surface area contributed by atoms with E-state index in [-0.39, 0.29) is 22.9 Å². The molecule has 5 atom stereocenters. The third-order valence-electron chi connectivity index (χ3n) is 6.26. The van der Waals surface area contributed by atoms with Crippen molar-refractivity contribution in [3.05, 3.63) is 23.3 Å². The summed E-state index contributed by atoms with van der Waals surface area (Å²) in [5.74, 6) is 0.963. The molecule has 3 rings (SSSR count). The van der Waals surface area contributed by atoms with E-state index < -0.39 is 6.10 Å². The minimum atomic E-state index is -0.452. The molecule has 1 saturated heterocycles. The number of rotatable bonds is 1. The maximum absolute atomic E-state index is 12.8. The van der Waals surface area contributed by atoms with Gasteiger partial charge in [-0.3, -0.25) is 4.79 Å². The van der Waals surface area contributed by atoms with Gasteiger partial charge in [-0.2, -0.15) is 0 Å². The van der Waals surface area contributed by atoms with Gasteiger partial charge in [-0.05, 0) is 51.0 Å². The summed E-state index contributed by atoms with van der Waals surface area (Å²) in [6, 6.07) is 0. The number of fused-ring (bicyclic) bond motifs is 2. The summed E-state index contributed by atoms with van der Waals surface area (Å²) in [6.45, 7) is 10.6. The van der Waals surface area contributed by atoms with E-state index in [9.17, 15) is 9.90 Å². The molecule has 0 saturated carbocycles. The van der Waals surface area contributed by atoms with E-state index >= 15 is 0 Å². The molecule has 0 spiro atoms. The van der Waals surface area contributed by atoms with Crippen LogP contribution >= 0.6 is 0 Å². The van der Waals surface area contributed by atoms with Gasteiger partial charge in [0.15, 0.2) is 5.78 Å². The van der Waals surface area contributed by atoms with Crippen LogP contribution in [-0.4, -0.2) is 28.7 Å². The fourth-order valence-corrected chi connectivity index (χ4v) is 4.62. The highest BCUT2D eigenvalue weighted by Crippen LogP contribution is 2.54. The molecule has 1 aliphatic heterocycles. The Bertz CT molecular complexity index is 573. The summed E-state index contributed by atoms with van der Waals surface area (Å²) in [6.07, 6.45) is 6.82. The second-order valence-electron chi connectivity index (χ2n) is 8.58. The molecule has 0 aromatic carbocycles. The van der Waals surface area contributed by atoms with E-state index in [0.717, 1.165) is 19.3 Å². The van der Waals surface area contributed by atoms with E-state index in [2.05, 4.69) is 34.6 Å². The molecule has 0 amide bonds. The lowest BCUT2D eigenvalue weighted by Gasteiger charge is -2.33. The number of hydrogen-bond acceptors (Lipinski definition) is 3. The first-order valence-corrected chi connectivity index (χ1v) is 8.95. The van der Waals surface area contributed by atoms with Gasteiger partial charge in [-0.15, -0.1) is 0 Å².